The number of urea groups is 1. The summed E-state index contributed by atoms with van der Waals surface area (Å²) in [4.78, 5) is 29.3. The molecule has 3 atom stereocenters. The van der Waals surface area contributed by atoms with E-state index in [9.17, 15) is 9.59 Å². The number of thiophene rings is 1. The van der Waals surface area contributed by atoms with Gasteiger partial charge in [0.25, 0.3) is 0 Å². The van der Waals surface area contributed by atoms with Gasteiger partial charge in [-0.05, 0) is 24.9 Å². The summed E-state index contributed by atoms with van der Waals surface area (Å²) in [7, 11) is 2.07. The topological polar surface area (TPSA) is 87.9 Å². The van der Waals surface area contributed by atoms with E-state index in [1.165, 1.54) is 11.3 Å². The molecule has 132 valence electrons. The highest BCUT2D eigenvalue weighted by Crippen LogP contribution is 2.27. The van der Waals surface area contributed by atoms with E-state index in [0.29, 0.717) is 13.2 Å². The van der Waals surface area contributed by atoms with Crippen molar-refractivity contribution in [3.05, 3.63) is 22.4 Å². The number of likely N-dealkylation sites (tertiary alicyclic amines) is 1. The van der Waals surface area contributed by atoms with E-state index in [2.05, 4.69) is 17.3 Å². The van der Waals surface area contributed by atoms with Crippen LogP contribution in [-0.4, -0.2) is 67.2 Å². The molecule has 3 rings (SSSR count). The first kappa shape index (κ1) is 17.2. The summed E-state index contributed by atoms with van der Waals surface area (Å²) < 4.78 is 5.84. The molecule has 3 heterocycles. The molecule has 2 aliphatic rings. The van der Waals surface area contributed by atoms with Crippen LogP contribution < -0.4 is 11.1 Å². The van der Waals surface area contributed by atoms with Crippen molar-refractivity contribution in [1.82, 2.24) is 15.1 Å². The van der Waals surface area contributed by atoms with Gasteiger partial charge in [-0.15, -0.1) is 11.3 Å². The van der Waals surface area contributed by atoms with Gasteiger partial charge < -0.3 is 25.6 Å². The fraction of sp³-hybridized carbons (Fsp3) is 0.625. The normalized spacial score (nSPS) is 25.8. The van der Waals surface area contributed by atoms with Gasteiger partial charge in [-0.1, -0.05) is 6.07 Å². The number of hydrogen-bond acceptors (Lipinski definition) is 5. The van der Waals surface area contributed by atoms with Crippen molar-refractivity contribution in [1.29, 1.82) is 0 Å². The zero-order valence-corrected chi connectivity index (χ0v) is 14.6. The lowest BCUT2D eigenvalue weighted by molar-refractivity contribution is -0.152. The Bertz CT molecular complexity index is 580. The first-order valence-electron chi connectivity index (χ1n) is 8.23. The Kier molecular flexibility index (Phi) is 5.37. The van der Waals surface area contributed by atoms with E-state index in [4.69, 9.17) is 10.5 Å². The molecule has 0 aromatic carbocycles. The molecule has 0 spiro atoms. The molecule has 1 aromatic rings. The molecular formula is C16H24N4O3S. The number of carbonyl (C=O) groups excluding carboxylic acids is 2. The average molecular weight is 352 g/mol. The maximum absolute atomic E-state index is 12.9. The van der Waals surface area contributed by atoms with E-state index in [0.717, 1.165) is 24.4 Å². The number of nitrogens with two attached hydrogens (primary N) is 1. The molecule has 3 amide bonds. The molecule has 2 aliphatic heterocycles. The summed E-state index contributed by atoms with van der Waals surface area (Å²) in [6.45, 7) is 2.98. The van der Waals surface area contributed by atoms with Gasteiger partial charge in [0.05, 0.1) is 31.2 Å². The first-order chi connectivity index (χ1) is 11.5. The summed E-state index contributed by atoms with van der Waals surface area (Å²) in [6.07, 6.45) is 1.28. The van der Waals surface area contributed by atoms with Gasteiger partial charge in [-0.25, -0.2) is 4.79 Å². The fourth-order valence-corrected chi connectivity index (χ4v) is 4.29. The number of fused-ring (bicyclic) bond motifs is 1. The average Bonchev–Trinajstić information content (AvgIpc) is 3.07. The lowest BCUT2D eigenvalue weighted by atomic mass is 9.98. The fourth-order valence-electron chi connectivity index (χ4n) is 3.52. The monoisotopic (exact) mass is 352 g/mol. The number of hydrogen-bond donors (Lipinski definition) is 2. The SMILES string of the molecule is CN1CCC2OCCN(C(=O)CC(NC(N)=O)c3cccs3)C2C1. The second-order valence-electron chi connectivity index (χ2n) is 6.40. The lowest BCUT2D eigenvalue weighted by Gasteiger charge is -2.46. The van der Waals surface area contributed by atoms with Crippen LogP contribution in [0.15, 0.2) is 17.5 Å². The third-order valence-electron chi connectivity index (χ3n) is 4.69. The summed E-state index contributed by atoms with van der Waals surface area (Å²) in [6, 6.07) is 2.91. The van der Waals surface area contributed by atoms with Crippen molar-refractivity contribution >= 4 is 23.3 Å². The molecular weight excluding hydrogens is 328 g/mol. The third kappa shape index (κ3) is 3.88. The Balaban J connectivity index is 1.70. The molecule has 3 unspecified atom stereocenters. The molecule has 1 aromatic heterocycles. The zero-order valence-electron chi connectivity index (χ0n) is 13.8. The van der Waals surface area contributed by atoms with Crippen LogP contribution >= 0.6 is 11.3 Å². The van der Waals surface area contributed by atoms with Crippen molar-refractivity contribution in [2.75, 3.05) is 33.3 Å². The van der Waals surface area contributed by atoms with Crippen molar-refractivity contribution < 1.29 is 14.3 Å². The quantitative estimate of drug-likeness (QED) is 0.838. The van der Waals surface area contributed by atoms with Crippen LogP contribution in [0.1, 0.15) is 23.8 Å². The van der Waals surface area contributed by atoms with Gasteiger partial charge in [-0.2, -0.15) is 0 Å². The van der Waals surface area contributed by atoms with Gasteiger partial charge in [0.2, 0.25) is 5.91 Å². The highest BCUT2D eigenvalue weighted by Gasteiger charge is 2.38. The van der Waals surface area contributed by atoms with Crippen molar-refractivity contribution in [2.45, 2.75) is 31.0 Å². The van der Waals surface area contributed by atoms with Crippen LogP contribution in [0, 0.1) is 0 Å². The van der Waals surface area contributed by atoms with Gasteiger partial charge in [0.15, 0.2) is 0 Å². The van der Waals surface area contributed by atoms with Gasteiger partial charge in [-0.3, -0.25) is 4.79 Å². The number of likely N-dealkylation sites (N-methyl/N-ethyl adjacent to an activating group) is 1. The Hall–Kier alpha value is -1.64. The number of morpholine rings is 1. The number of ether oxygens (including phenoxy) is 1. The summed E-state index contributed by atoms with van der Waals surface area (Å²) in [5.74, 6) is 0.0377. The second-order valence-corrected chi connectivity index (χ2v) is 7.37. The second kappa shape index (κ2) is 7.50. The standard InChI is InChI=1S/C16H24N4O3S/c1-19-5-4-13-12(10-19)20(6-7-23-13)15(21)9-11(18-16(17)22)14-3-2-8-24-14/h2-3,8,11-13H,4-7,9-10H2,1H3,(H3,17,18,22). The van der Waals surface area contributed by atoms with Crippen molar-refractivity contribution in [2.24, 2.45) is 5.73 Å². The number of piperidine rings is 1. The molecule has 0 aliphatic carbocycles. The number of amides is 3. The summed E-state index contributed by atoms with van der Waals surface area (Å²) >= 11 is 1.51. The molecule has 8 heteroatoms. The molecule has 2 saturated heterocycles. The van der Waals surface area contributed by atoms with E-state index in [-0.39, 0.29) is 30.5 Å². The van der Waals surface area contributed by atoms with Gasteiger partial charge in [0, 0.05) is 24.5 Å². The van der Waals surface area contributed by atoms with E-state index in [1.54, 1.807) is 0 Å². The highest BCUT2D eigenvalue weighted by atomic mass is 32.1. The number of rotatable bonds is 4. The maximum Gasteiger partial charge on any atom is 0.312 e. The Morgan fingerprint density at radius 2 is 2.33 bits per heavy atom. The van der Waals surface area contributed by atoms with Gasteiger partial charge in [0.1, 0.15) is 0 Å². The third-order valence-corrected chi connectivity index (χ3v) is 5.68. The molecule has 0 radical (unpaired) electrons. The molecule has 0 saturated carbocycles. The lowest BCUT2D eigenvalue weighted by Crippen LogP contribution is -2.61. The minimum atomic E-state index is -0.613. The van der Waals surface area contributed by atoms with Crippen LogP contribution in [0.5, 0.6) is 0 Å². The number of nitrogens with one attached hydrogen (secondary N) is 1. The number of carbonyl (C=O) groups is 2. The Labute approximate surface area is 145 Å². The maximum atomic E-state index is 12.9. The largest absolute Gasteiger partial charge is 0.374 e. The first-order valence-corrected chi connectivity index (χ1v) is 9.11. The minimum Gasteiger partial charge on any atom is -0.374 e. The predicted octanol–water partition coefficient (Wildman–Crippen LogP) is 0.779. The van der Waals surface area contributed by atoms with Crippen molar-refractivity contribution in [3.63, 3.8) is 0 Å². The predicted molar refractivity (Wildman–Crippen MR) is 91.8 cm³/mol. The number of primary amides is 1. The van der Waals surface area contributed by atoms with E-state index >= 15 is 0 Å². The van der Waals surface area contributed by atoms with Crippen LogP contribution in [0.2, 0.25) is 0 Å². The smallest absolute Gasteiger partial charge is 0.312 e. The van der Waals surface area contributed by atoms with Crippen molar-refractivity contribution in [3.8, 4) is 0 Å². The Morgan fingerprint density at radius 1 is 1.50 bits per heavy atom. The molecule has 0 bridgehead atoms. The van der Waals surface area contributed by atoms with Crippen LogP contribution in [0.4, 0.5) is 4.79 Å². The molecule has 3 N–H and O–H groups in total. The minimum absolute atomic E-state index is 0.0377. The van der Waals surface area contributed by atoms with Crippen LogP contribution in [-0.2, 0) is 9.53 Å². The zero-order chi connectivity index (χ0) is 17.1. The highest BCUT2D eigenvalue weighted by molar-refractivity contribution is 7.10. The van der Waals surface area contributed by atoms with E-state index in [1.807, 2.05) is 22.4 Å². The van der Waals surface area contributed by atoms with Crippen LogP contribution in [0.3, 0.4) is 0 Å². The molecule has 7 nitrogen and oxygen atoms in total. The van der Waals surface area contributed by atoms with Gasteiger partial charge >= 0.3 is 6.03 Å². The summed E-state index contributed by atoms with van der Waals surface area (Å²) in [5, 5.41) is 4.62. The summed E-state index contributed by atoms with van der Waals surface area (Å²) in [5.41, 5.74) is 5.28. The Morgan fingerprint density at radius 3 is 3.04 bits per heavy atom. The van der Waals surface area contributed by atoms with E-state index < -0.39 is 6.03 Å². The van der Waals surface area contributed by atoms with Crippen LogP contribution in [0.25, 0.3) is 0 Å². The molecule has 24 heavy (non-hydrogen) atoms. The number of nitrogens with zero attached hydrogens (tertiary/aromatic N) is 2. The molecule has 2 fully saturated rings.